The predicted molar refractivity (Wildman–Crippen MR) is 65.0 cm³/mol. The molecule has 2 fully saturated rings. The third-order valence-electron chi connectivity index (χ3n) is 4.24. The van der Waals surface area contributed by atoms with Crippen LogP contribution in [0.3, 0.4) is 0 Å². The lowest BCUT2D eigenvalue weighted by molar-refractivity contribution is 0.0903. The highest BCUT2D eigenvalue weighted by atomic mass is 15.2. The molecule has 0 spiro atoms. The molecule has 0 amide bonds. The van der Waals surface area contributed by atoms with E-state index in [-0.39, 0.29) is 5.41 Å². The van der Waals surface area contributed by atoms with Gasteiger partial charge in [-0.15, -0.1) is 0 Å². The van der Waals surface area contributed by atoms with Gasteiger partial charge >= 0.3 is 0 Å². The Balaban J connectivity index is 2.11. The van der Waals surface area contributed by atoms with Gasteiger partial charge in [-0.25, -0.2) is 0 Å². The molecule has 0 N–H and O–H groups in total. The van der Waals surface area contributed by atoms with Gasteiger partial charge in [0.1, 0.15) is 0 Å². The lowest BCUT2D eigenvalue weighted by atomic mass is 9.81. The van der Waals surface area contributed by atoms with Gasteiger partial charge in [0.15, 0.2) is 0 Å². The van der Waals surface area contributed by atoms with E-state index in [2.05, 4.69) is 37.0 Å². The smallest absolute Gasteiger partial charge is 0.0733 e. The first-order chi connectivity index (χ1) is 7.59. The summed E-state index contributed by atoms with van der Waals surface area (Å²) in [6, 6.07) is 3.04. The Labute approximate surface area is 99.0 Å². The summed E-state index contributed by atoms with van der Waals surface area (Å²) in [4.78, 5) is 4.71. The van der Waals surface area contributed by atoms with Crippen molar-refractivity contribution in [1.29, 1.82) is 5.26 Å². The van der Waals surface area contributed by atoms with Gasteiger partial charge in [-0.1, -0.05) is 0 Å². The third-order valence-corrected chi connectivity index (χ3v) is 4.24. The van der Waals surface area contributed by atoms with Crippen LogP contribution in [0.25, 0.3) is 0 Å². The molecule has 1 aliphatic carbocycles. The summed E-state index contributed by atoms with van der Waals surface area (Å²) in [6.45, 7) is 2.38. The standard InChI is InChI=1S/C13H23N3/c1-15(2)12(13(10-14)6-7-13)11-5-4-8-16(3)9-11/h11-12H,4-9H2,1-3H3. The number of rotatable bonds is 3. The van der Waals surface area contributed by atoms with Crippen LogP contribution in [0.1, 0.15) is 25.7 Å². The molecule has 16 heavy (non-hydrogen) atoms. The maximum Gasteiger partial charge on any atom is 0.0733 e. The molecule has 0 bridgehead atoms. The number of nitriles is 1. The minimum Gasteiger partial charge on any atom is -0.306 e. The van der Waals surface area contributed by atoms with Gasteiger partial charge in [-0.3, -0.25) is 0 Å². The first kappa shape index (κ1) is 11.9. The summed E-state index contributed by atoms with van der Waals surface area (Å²) in [5.41, 5.74) is -0.0215. The number of hydrogen-bond donors (Lipinski definition) is 0. The quantitative estimate of drug-likeness (QED) is 0.724. The zero-order valence-corrected chi connectivity index (χ0v) is 10.7. The zero-order valence-electron chi connectivity index (χ0n) is 10.7. The predicted octanol–water partition coefficient (Wildman–Crippen LogP) is 1.56. The van der Waals surface area contributed by atoms with Gasteiger partial charge in [-0.05, 0) is 59.3 Å². The number of hydrogen-bond acceptors (Lipinski definition) is 3. The van der Waals surface area contributed by atoms with Crippen molar-refractivity contribution in [1.82, 2.24) is 9.80 Å². The summed E-state index contributed by atoms with van der Waals surface area (Å²) in [5.74, 6) is 0.677. The van der Waals surface area contributed by atoms with Gasteiger partial charge in [0.05, 0.1) is 11.5 Å². The maximum absolute atomic E-state index is 9.38. The molecule has 0 aromatic carbocycles. The van der Waals surface area contributed by atoms with Crippen molar-refractivity contribution < 1.29 is 0 Å². The number of likely N-dealkylation sites (tertiary alicyclic amines) is 1. The van der Waals surface area contributed by atoms with E-state index in [1.165, 1.54) is 19.4 Å². The van der Waals surface area contributed by atoms with Gasteiger partial charge in [0, 0.05) is 12.6 Å². The van der Waals surface area contributed by atoms with Crippen LogP contribution >= 0.6 is 0 Å². The van der Waals surface area contributed by atoms with Gasteiger partial charge < -0.3 is 9.80 Å². The second-order valence-corrected chi connectivity index (χ2v) is 5.84. The van der Waals surface area contributed by atoms with Crippen LogP contribution in [0.4, 0.5) is 0 Å². The first-order valence-corrected chi connectivity index (χ1v) is 6.35. The van der Waals surface area contributed by atoms with Crippen molar-refractivity contribution in [2.75, 3.05) is 34.2 Å². The summed E-state index contributed by atoms with van der Waals surface area (Å²) in [6.07, 6.45) is 4.78. The molecule has 0 radical (unpaired) electrons. The molecule has 1 saturated heterocycles. The second-order valence-electron chi connectivity index (χ2n) is 5.84. The van der Waals surface area contributed by atoms with Crippen molar-refractivity contribution in [2.45, 2.75) is 31.7 Å². The average Bonchev–Trinajstić information content (AvgIpc) is 2.99. The molecule has 1 saturated carbocycles. The zero-order chi connectivity index (χ0) is 11.8. The van der Waals surface area contributed by atoms with Crippen LogP contribution in [0, 0.1) is 22.7 Å². The molecule has 3 heteroatoms. The normalized spacial score (nSPS) is 31.1. The monoisotopic (exact) mass is 221 g/mol. The van der Waals surface area contributed by atoms with Crippen LogP contribution in [-0.4, -0.2) is 50.1 Å². The average molecular weight is 221 g/mol. The summed E-state index contributed by atoms with van der Waals surface area (Å²) < 4.78 is 0. The van der Waals surface area contributed by atoms with E-state index in [1.54, 1.807) is 0 Å². The number of piperidine rings is 1. The molecule has 2 aliphatic rings. The Morgan fingerprint density at radius 1 is 1.44 bits per heavy atom. The van der Waals surface area contributed by atoms with Crippen LogP contribution in [0.15, 0.2) is 0 Å². The van der Waals surface area contributed by atoms with E-state index < -0.39 is 0 Å². The highest BCUT2D eigenvalue weighted by molar-refractivity contribution is 5.17. The van der Waals surface area contributed by atoms with Crippen molar-refractivity contribution in [3.63, 3.8) is 0 Å². The fourth-order valence-corrected chi connectivity index (χ4v) is 3.44. The summed E-state index contributed by atoms with van der Waals surface area (Å²) in [5, 5.41) is 9.38. The minimum atomic E-state index is -0.0215. The van der Waals surface area contributed by atoms with Gasteiger partial charge in [0.2, 0.25) is 0 Å². The lowest BCUT2D eigenvalue weighted by Gasteiger charge is -2.40. The fourth-order valence-electron chi connectivity index (χ4n) is 3.44. The fraction of sp³-hybridized carbons (Fsp3) is 0.923. The second kappa shape index (κ2) is 4.35. The molecule has 1 aliphatic heterocycles. The van der Waals surface area contributed by atoms with Crippen molar-refractivity contribution in [2.24, 2.45) is 11.3 Å². The Bertz CT molecular complexity index is 288. The van der Waals surface area contributed by atoms with Crippen LogP contribution in [0.2, 0.25) is 0 Å². The summed E-state index contributed by atoms with van der Waals surface area (Å²) >= 11 is 0. The van der Waals surface area contributed by atoms with Gasteiger partial charge in [0.25, 0.3) is 0 Å². The molecule has 0 aromatic heterocycles. The summed E-state index contributed by atoms with van der Waals surface area (Å²) in [7, 11) is 6.47. The van der Waals surface area contributed by atoms with Crippen LogP contribution < -0.4 is 0 Å². The Kier molecular flexibility index (Phi) is 3.23. The Morgan fingerprint density at radius 2 is 2.12 bits per heavy atom. The molecule has 0 aromatic rings. The molecule has 90 valence electrons. The highest BCUT2D eigenvalue weighted by Gasteiger charge is 2.53. The van der Waals surface area contributed by atoms with E-state index in [1.807, 2.05) is 0 Å². The Hall–Kier alpha value is -0.590. The van der Waals surface area contributed by atoms with E-state index in [4.69, 9.17) is 0 Å². The van der Waals surface area contributed by atoms with E-state index in [0.717, 1.165) is 19.4 Å². The molecule has 2 atom stereocenters. The molecule has 3 nitrogen and oxygen atoms in total. The van der Waals surface area contributed by atoms with Gasteiger partial charge in [-0.2, -0.15) is 5.26 Å². The van der Waals surface area contributed by atoms with E-state index >= 15 is 0 Å². The van der Waals surface area contributed by atoms with Crippen molar-refractivity contribution >= 4 is 0 Å². The molecule has 2 rings (SSSR count). The number of nitrogens with zero attached hydrogens (tertiary/aromatic N) is 3. The van der Waals surface area contributed by atoms with Crippen molar-refractivity contribution in [3.8, 4) is 6.07 Å². The molecular weight excluding hydrogens is 198 g/mol. The van der Waals surface area contributed by atoms with E-state index in [0.29, 0.717) is 12.0 Å². The maximum atomic E-state index is 9.38. The molecular formula is C13H23N3. The topological polar surface area (TPSA) is 30.3 Å². The largest absolute Gasteiger partial charge is 0.306 e. The lowest BCUT2D eigenvalue weighted by Crippen LogP contribution is -2.48. The first-order valence-electron chi connectivity index (χ1n) is 6.35. The highest BCUT2D eigenvalue weighted by Crippen LogP contribution is 2.52. The Morgan fingerprint density at radius 3 is 2.56 bits per heavy atom. The van der Waals surface area contributed by atoms with Crippen molar-refractivity contribution in [3.05, 3.63) is 0 Å². The third kappa shape index (κ3) is 2.09. The van der Waals surface area contributed by atoms with Crippen LogP contribution in [0.5, 0.6) is 0 Å². The van der Waals surface area contributed by atoms with E-state index in [9.17, 15) is 5.26 Å². The molecule has 2 unspecified atom stereocenters. The molecule has 1 heterocycles. The minimum absolute atomic E-state index is 0.0215. The van der Waals surface area contributed by atoms with Crippen LogP contribution in [-0.2, 0) is 0 Å². The SMILES string of the molecule is CN1CCCC(C(N(C)C)C2(C#N)CC2)C1.